The quantitative estimate of drug-likeness (QED) is 0.879. The van der Waals surface area contributed by atoms with Gasteiger partial charge in [-0.25, -0.2) is 0 Å². The zero-order chi connectivity index (χ0) is 14.5. The SMILES string of the molecule is CCN(Cc1ccco1)c1cccc(Cl)c1CC(C)N. The number of nitrogens with zero attached hydrogens (tertiary/aromatic N) is 1. The van der Waals surface area contributed by atoms with Crippen LogP contribution in [0.2, 0.25) is 5.02 Å². The standard InChI is InChI=1S/C16H21ClN2O/c1-3-19(11-13-6-5-9-20-13)16-8-4-7-15(17)14(16)10-12(2)18/h4-9,12H,3,10-11,18H2,1-2H3. The van der Waals surface area contributed by atoms with E-state index in [-0.39, 0.29) is 6.04 Å². The molecule has 1 aromatic carbocycles. The molecule has 0 spiro atoms. The van der Waals surface area contributed by atoms with Crippen LogP contribution in [0.25, 0.3) is 0 Å². The van der Waals surface area contributed by atoms with Crippen molar-refractivity contribution in [2.24, 2.45) is 5.73 Å². The first-order chi connectivity index (χ1) is 9.61. The molecule has 0 radical (unpaired) electrons. The minimum absolute atomic E-state index is 0.0796. The molecule has 0 aliphatic heterocycles. The lowest BCUT2D eigenvalue weighted by Crippen LogP contribution is -2.25. The Kier molecular flexibility index (Phi) is 5.10. The van der Waals surface area contributed by atoms with Gasteiger partial charge in [-0.1, -0.05) is 17.7 Å². The first-order valence-electron chi connectivity index (χ1n) is 6.92. The lowest BCUT2D eigenvalue weighted by molar-refractivity contribution is 0.503. The van der Waals surface area contributed by atoms with Crippen LogP contribution in [-0.4, -0.2) is 12.6 Å². The molecule has 2 N–H and O–H groups in total. The van der Waals surface area contributed by atoms with Crippen molar-refractivity contribution in [2.75, 3.05) is 11.4 Å². The highest BCUT2D eigenvalue weighted by molar-refractivity contribution is 6.31. The zero-order valence-electron chi connectivity index (χ0n) is 12.0. The van der Waals surface area contributed by atoms with Crippen molar-refractivity contribution >= 4 is 17.3 Å². The summed E-state index contributed by atoms with van der Waals surface area (Å²) in [5.41, 5.74) is 8.19. The zero-order valence-corrected chi connectivity index (χ0v) is 12.7. The fraction of sp³-hybridized carbons (Fsp3) is 0.375. The Morgan fingerprint density at radius 2 is 2.10 bits per heavy atom. The Labute approximate surface area is 125 Å². The summed E-state index contributed by atoms with van der Waals surface area (Å²) in [5.74, 6) is 0.943. The second-order valence-corrected chi connectivity index (χ2v) is 5.42. The topological polar surface area (TPSA) is 42.4 Å². The van der Waals surface area contributed by atoms with Gasteiger partial charge in [-0.05, 0) is 50.1 Å². The van der Waals surface area contributed by atoms with Gasteiger partial charge in [0.25, 0.3) is 0 Å². The van der Waals surface area contributed by atoms with Gasteiger partial charge in [-0.2, -0.15) is 0 Å². The van der Waals surface area contributed by atoms with E-state index < -0.39 is 0 Å². The van der Waals surface area contributed by atoms with Crippen LogP contribution in [0.1, 0.15) is 25.2 Å². The van der Waals surface area contributed by atoms with E-state index in [2.05, 4.69) is 17.9 Å². The highest BCUT2D eigenvalue weighted by atomic mass is 35.5. The van der Waals surface area contributed by atoms with Crippen LogP contribution in [0.3, 0.4) is 0 Å². The van der Waals surface area contributed by atoms with Gasteiger partial charge < -0.3 is 15.1 Å². The molecule has 4 heteroatoms. The van der Waals surface area contributed by atoms with Gasteiger partial charge in [0.05, 0.1) is 12.8 Å². The van der Waals surface area contributed by atoms with Crippen LogP contribution in [0, 0.1) is 0 Å². The minimum atomic E-state index is 0.0796. The summed E-state index contributed by atoms with van der Waals surface area (Å²) in [6.45, 7) is 5.73. The van der Waals surface area contributed by atoms with Gasteiger partial charge in [0.2, 0.25) is 0 Å². The maximum absolute atomic E-state index is 6.35. The third-order valence-electron chi connectivity index (χ3n) is 3.27. The van der Waals surface area contributed by atoms with Gasteiger partial charge in [-0.3, -0.25) is 0 Å². The third kappa shape index (κ3) is 3.56. The average Bonchev–Trinajstić information content (AvgIpc) is 2.91. The molecule has 2 aromatic rings. The maximum Gasteiger partial charge on any atom is 0.123 e. The number of furan rings is 1. The van der Waals surface area contributed by atoms with Gasteiger partial charge in [-0.15, -0.1) is 0 Å². The smallest absolute Gasteiger partial charge is 0.123 e. The van der Waals surface area contributed by atoms with Crippen molar-refractivity contribution in [3.05, 3.63) is 52.9 Å². The molecule has 1 heterocycles. The van der Waals surface area contributed by atoms with E-state index >= 15 is 0 Å². The number of rotatable bonds is 6. The van der Waals surface area contributed by atoms with Crippen LogP contribution in [0.15, 0.2) is 41.0 Å². The molecule has 1 aromatic heterocycles. The number of halogens is 1. The number of hydrogen-bond donors (Lipinski definition) is 1. The maximum atomic E-state index is 6.35. The molecule has 0 bridgehead atoms. The summed E-state index contributed by atoms with van der Waals surface area (Å²) < 4.78 is 5.44. The predicted molar refractivity (Wildman–Crippen MR) is 84.2 cm³/mol. The first kappa shape index (κ1) is 14.9. The van der Waals surface area contributed by atoms with Crippen molar-refractivity contribution in [3.63, 3.8) is 0 Å². The van der Waals surface area contributed by atoms with Crippen molar-refractivity contribution in [1.82, 2.24) is 0 Å². The largest absolute Gasteiger partial charge is 0.467 e. The summed E-state index contributed by atoms with van der Waals surface area (Å²) >= 11 is 6.35. The molecule has 108 valence electrons. The number of hydrogen-bond acceptors (Lipinski definition) is 3. The van der Waals surface area contributed by atoms with Crippen LogP contribution in [0.4, 0.5) is 5.69 Å². The molecule has 1 atom stereocenters. The van der Waals surface area contributed by atoms with E-state index in [1.54, 1.807) is 6.26 Å². The molecule has 0 saturated carbocycles. The average molecular weight is 293 g/mol. The van der Waals surface area contributed by atoms with E-state index in [0.29, 0.717) is 0 Å². The second kappa shape index (κ2) is 6.82. The van der Waals surface area contributed by atoms with Crippen molar-refractivity contribution in [3.8, 4) is 0 Å². The Morgan fingerprint density at radius 1 is 1.30 bits per heavy atom. The number of anilines is 1. The third-order valence-corrected chi connectivity index (χ3v) is 3.62. The predicted octanol–water partition coefficient (Wildman–Crippen LogP) is 3.85. The number of benzene rings is 1. The fourth-order valence-electron chi connectivity index (χ4n) is 2.33. The van der Waals surface area contributed by atoms with Crippen LogP contribution in [0.5, 0.6) is 0 Å². The molecule has 2 rings (SSSR count). The molecule has 20 heavy (non-hydrogen) atoms. The van der Waals surface area contributed by atoms with Crippen LogP contribution < -0.4 is 10.6 Å². The normalized spacial score (nSPS) is 12.4. The Bertz CT molecular complexity index is 537. The highest BCUT2D eigenvalue weighted by Gasteiger charge is 2.15. The summed E-state index contributed by atoms with van der Waals surface area (Å²) in [4.78, 5) is 2.25. The van der Waals surface area contributed by atoms with E-state index in [4.69, 9.17) is 21.8 Å². The summed E-state index contributed by atoms with van der Waals surface area (Å²) in [7, 11) is 0. The van der Waals surface area contributed by atoms with Gasteiger partial charge >= 0.3 is 0 Å². The summed E-state index contributed by atoms with van der Waals surface area (Å²) in [6, 6.07) is 9.96. The van der Waals surface area contributed by atoms with Crippen molar-refractivity contribution in [1.29, 1.82) is 0 Å². The molecule has 1 unspecified atom stereocenters. The van der Waals surface area contributed by atoms with E-state index in [9.17, 15) is 0 Å². The fourth-order valence-corrected chi connectivity index (χ4v) is 2.57. The molecular weight excluding hydrogens is 272 g/mol. The summed E-state index contributed by atoms with van der Waals surface area (Å²) in [5, 5.41) is 0.776. The van der Waals surface area contributed by atoms with E-state index in [1.807, 2.05) is 31.2 Å². The lowest BCUT2D eigenvalue weighted by atomic mass is 10.0. The van der Waals surface area contributed by atoms with Crippen molar-refractivity contribution in [2.45, 2.75) is 32.9 Å². The Morgan fingerprint density at radius 3 is 2.70 bits per heavy atom. The van der Waals surface area contributed by atoms with Gasteiger partial charge in [0, 0.05) is 23.3 Å². The van der Waals surface area contributed by atoms with E-state index in [1.165, 1.54) is 0 Å². The van der Waals surface area contributed by atoms with Crippen molar-refractivity contribution < 1.29 is 4.42 Å². The van der Waals surface area contributed by atoms with Gasteiger partial charge in [0.15, 0.2) is 0 Å². The second-order valence-electron chi connectivity index (χ2n) is 5.01. The van der Waals surface area contributed by atoms with Crippen LogP contribution in [-0.2, 0) is 13.0 Å². The lowest BCUT2D eigenvalue weighted by Gasteiger charge is -2.26. The molecule has 3 nitrogen and oxygen atoms in total. The molecule has 0 amide bonds. The highest BCUT2D eigenvalue weighted by Crippen LogP contribution is 2.29. The molecule has 0 fully saturated rings. The number of nitrogens with two attached hydrogens (primary N) is 1. The monoisotopic (exact) mass is 292 g/mol. The van der Waals surface area contributed by atoms with Gasteiger partial charge in [0.1, 0.15) is 5.76 Å². The van der Waals surface area contributed by atoms with Crippen LogP contribution >= 0.6 is 11.6 Å². The Balaban J connectivity index is 2.31. The van der Waals surface area contributed by atoms with E-state index in [0.717, 1.165) is 41.5 Å². The minimum Gasteiger partial charge on any atom is -0.467 e. The first-order valence-corrected chi connectivity index (χ1v) is 7.30. The summed E-state index contributed by atoms with van der Waals surface area (Å²) in [6.07, 6.45) is 2.47. The molecular formula is C16H21ClN2O. The molecule has 0 saturated heterocycles. The Hall–Kier alpha value is -1.45. The molecule has 0 aliphatic rings. The molecule has 0 aliphatic carbocycles.